The second kappa shape index (κ2) is 8.78. The van der Waals surface area contributed by atoms with Crippen LogP contribution in [0.3, 0.4) is 0 Å². The van der Waals surface area contributed by atoms with Gasteiger partial charge in [-0.05, 0) is 48.6 Å². The summed E-state index contributed by atoms with van der Waals surface area (Å²) in [6, 6.07) is 23.1. The van der Waals surface area contributed by atoms with Crippen molar-refractivity contribution in [3.63, 3.8) is 0 Å². The van der Waals surface area contributed by atoms with Crippen LogP contribution in [0.25, 0.3) is 61.1 Å². The average Bonchev–Trinajstić information content (AvgIpc) is 3.59. The Morgan fingerprint density at radius 1 is 0.775 bits per heavy atom. The van der Waals surface area contributed by atoms with E-state index in [1.54, 1.807) is 6.07 Å². The van der Waals surface area contributed by atoms with E-state index in [1.165, 1.54) is 16.8 Å². The van der Waals surface area contributed by atoms with Gasteiger partial charge in [0.15, 0.2) is 22.2 Å². The molecule has 0 saturated heterocycles. The Labute approximate surface area is 231 Å². The zero-order chi connectivity index (χ0) is 27.9. The molecule has 0 aliphatic carbocycles. The van der Waals surface area contributed by atoms with Gasteiger partial charge in [-0.1, -0.05) is 70.2 Å². The number of aryl methyl sites for hydroxylation is 2. The SMILES string of the molecule is Cc1ccc2c(oc3c2ccc2nc(F)oc23)c1-c1n(-c2c(C(C)C)cccc2C(C)C)c2ccccc2[n+]1C. The van der Waals surface area contributed by atoms with Crippen LogP contribution in [0.5, 0.6) is 0 Å². The van der Waals surface area contributed by atoms with E-state index in [0.29, 0.717) is 28.5 Å². The molecule has 0 atom stereocenters. The van der Waals surface area contributed by atoms with Crippen LogP contribution in [0.1, 0.15) is 56.2 Å². The largest absolute Gasteiger partial charge is 0.451 e. The van der Waals surface area contributed by atoms with Gasteiger partial charge in [-0.3, -0.25) is 0 Å². The smallest absolute Gasteiger partial charge is 0.382 e. The Kier molecular flexibility index (Phi) is 5.40. The molecule has 0 bridgehead atoms. The first kappa shape index (κ1) is 24.6. The highest BCUT2D eigenvalue weighted by atomic mass is 19.1. The average molecular weight is 533 g/mol. The van der Waals surface area contributed by atoms with Crippen molar-refractivity contribution in [3.05, 3.63) is 89.6 Å². The van der Waals surface area contributed by atoms with Crippen molar-refractivity contribution in [1.82, 2.24) is 9.55 Å². The van der Waals surface area contributed by atoms with Crippen LogP contribution in [-0.4, -0.2) is 9.55 Å². The van der Waals surface area contributed by atoms with E-state index in [0.717, 1.165) is 44.3 Å². The molecule has 0 aliphatic rings. The van der Waals surface area contributed by atoms with Crippen molar-refractivity contribution in [1.29, 1.82) is 0 Å². The predicted octanol–water partition coefficient (Wildman–Crippen LogP) is 8.86. The number of imidazole rings is 1. The summed E-state index contributed by atoms with van der Waals surface area (Å²) < 4.78 is 30.6. The lowest BCUT2D eigenvalue weighted by molar-refractivity contribution is -0.633. The van der Waals surface area contributed by atoms with Crippen molar-refractivity contribution in [3.8, 4) is 17.1 Å². The molecule has 5 nitrogen and oxygen atoms in total. The summed E-state index contributed by atoms with van der Waals surface area (Å²) in [5, 5.41) is 1.82. The van der Waals surface area contributed by atoms with Gasteiger partial charge in [0.05, 0.1) is 7.05 Å². The summed E-state index contributed by atoms with van der Waals surface area (Å²) in [5.74, 6) is 1.68. The van der Waals surface area contributed by atoms with Gasteiger partial charge in [0.1, 0.15) is 16.8 Å². The molecule has 200 valence electrons. The summed E-state index contributed by atoms with van der Waals surface area (Å²) in [6.45, 7) is 11.1. The van der Waals surface area contributed by atoms with Gasteiger partial charge in [-0.25, -0.2) is 4.57 Å². The number of nitrogens with zero attached hydrogens (tertiary/aromatic N) is 3. The second-order valence-corrected chi connectivity index (χ2v) is 11.3. The van der Waals surface area contributed by atoms with Crippen LogP contribution in [0, 0.1) is 13.1 Å². The Morgan fingerprint density at radius 3 is 2.17 bits per heavy atom. The van der Waals surface area contributed by atoms with Crippen molar-refractivity contribution >= 4 is 44.1 Å². The standard InChI is InChI=1S/C34H31FN3O2/c1-18(2)21-10-9-11-22(19(3)4)29(21)38-27-13-8-7-12-26(27)37(6)33(38)28-20(5)14-15-23-24-16-17-25-32(40-34(35)36-25)31(24)39-30(23)28/h7-19H,1-6H3/q+1. The number of fused-ring (bicyclic) bond motifs is 6. The Bertz CT molecular complexity index is 2080. The normalized spacial score (nSPS) is 12.3. The molecule has 0 spiro atoms. The van der Waals surface area contributed by atoms with Crippen LogP contribution < -0.4 is 4.57 Å². The number of furan rings is 1. The van der Waals surface area contributed by atoms with Crippen LogP contribution in [-0.2, 0) is 7.05 Å². The third-order valence-electron chi connectivity index (χ3n) is 8.15. The number of halogens is 1. The molecule has 0 amide bonds. The number of benzene rings is 4. The quantitative estimate of drug-likeness (QED) is 0.213. The Hall–Kier alpha value is -4.45. The zero-order valence-electron chi connectivity index (χ0n) is 23.5. The fourth-order valence-corrected chi connectivity index (χ4v) is 6.22. The molecule has 0 unspecified atom stereocenters. The molecule has 3 aromatic heterocycles. The molecule has 0 fully saturated rings. The Morgan fingerprint density at radius 2 is 1.45 bits per heavy atom. The summed E-state index contributed by atoms with van der Waals surface area (Å²) >= 11 is 0. The number of hydrogen-bond acceptors (Lipinski definition) is 3. The minimum absolute atomic E-state index is 0.325. The van der Waals surface area contributed by atoms with Gasteiger partial charge in [0.2, 0.25) is 5.58 Å². The molecule has 7 rings (SSSR count). The maximum absolute atomic E-state index is 14.0. The summed E-state index contributed by atoms with van der Waals surface area (Å²) in [7, 11) is 2.12. The van der Waals surface area contributed by atoms with Crippen LogP contribution in [0.4, 0.5) is 4.39 Å². The first-order valence-electron chi connectivity index (χ1n) is 13.8. The van der Waals surface area contributed by atoms with E-state index >= 15 is 0 Å². The lowest BCUT2D eigenvalue weighted by atomic mass is 9.92. The van der Waals surface area contributed by atoms with Gasteiger partial charge in [-0.2, -0.15) is 9.55 Å². The highest BCUT2D eigenvalue weighted by molar-refractivity contribution is 6.15. The third-order valence-corrected chi connectivity index (χ3v) is 8.15. The van der Waals surface area contributed by atoms with E-state index in [2.05, 4.69) is 110 Å². The number of rotatable bonds is 4. The molecular weight excluding hydrogens is 501 g/mol. The first-order valence-corrected chi connectivity index (χ1v) is 13.8. The summed E-state index contributed by atoms with van der Waals surface area (Å²) in [6.07, 6.45) is -0.864. The summed E-state index contributed by atoms with van der Waals surface area (Å²) in [4.78, 5) is 3.88. The van der Waals surface area contributed by atoms with E-state index in [-0.39, 0.29) is 0 Å². The number of para-hydroxylation sites is 3. The predicted molar refractivity (Wildman–Crippen MR) is 158 cm³/mol. The fourth-order valence-electron chi connectivity index (χ4n) is 6.22. The topological polar surface area (TPSA) is 48.0 Å². The Balaban J connectivity index is 1.68. The van der Waals surface area contributed by atoms with E-state index in [4.69, 9.17) is 8.83 Å². The highest BCUT2D eigenvalue weighted by Gasteiger charge is 2.33. The third kappa shape index (κ3) is 3.38. The minimum atomic E-state index is -0.864. The van der Waals surface area contributed by atoms with Gasteiger partial charge in [0, 0.05) is 21.9 Å². The van der Waals surface area contributed by atoms with Gasteiger partial charge in [0.25, 0.3) is 5.82 Å². The molecule has 0 N–H and O–H groups in total. The zero-order valence-corrected chi connectivity index (χ0v) is 23.5. The van der Waals surface area contributed by atoms with E-state index in [1.807, 2.05) is 6.07 Å². The lowest BCUT2D eigenvalue weighted by Gasteiger charge is -2.18. The molecule has 0 aliphatic heterocycles. The maximum atomic E-state index is 14.0. The minimum Gasteiger partial charge on any atom is -0.451 e. The maximum Gasteiger partial charge on any atom is 0.382 e. The second-order valence-electron chi connectivity index (χ2n) is 11.3. The first-order chi connectivity index (χ1) is 19.3. The van der Waals surface area contributed by atoms with Crippen LogP contribution in [0.15, 0.2) is 75.6 Å². The summed E-state index contributed by atoms with van der Waals surface area (Å²) in [5.41, 5.74) is 10.1. The van der Waals surface area contributed by atoms with Crippen molar-refractivity contribution in [2.24, 2.45) is 7.05 Å². The van der Waals surface area contributed by atoms with Gasteiger partial charge < -0.3 is 8.83 Å². The molecule has 0 saturated carbocycles. The molecule has 0 radical (unpaired) electrons. The number of hydrogen-bond donors (Lipinski definition) is 0. The monoisotopic (exact) mass is 532 g/mol. The lowest BCUT2D eigenvalue weighted by Crippen LogP contribution is -2.30. The molecular formula is C34H31FN3O2+. The van der Waals surface area contributed by atoms with E-state index < -0.39 is 6.14 Å². The molecule has 7 aromatic rings. The van der Waals surface area contributed by atoms with Crippen molar-refractivity contribution in [2.75, 3.05) is 0 Å². The molecule has 40 heavy (non-hydrogen) atoms. The molecule has 6 heteroatoms. The fraction of sp³-hybridized carbons (Fsp3) is 0.235. The van der Waals surface area contributed by atoms with E-state index in [9.17, 15) is 4.39 Å². The van der Waals surface area contributed by atoms with Gasteiger partial charge in [-0.15, -0.1) is 4.39 Å². The van der Waals surface area contributed by atoms with Crippen molar-refractivity contribution in [2.45, 2.75) is 46.5 Å². The molecule has 4 aromatic carbocycles. The van der Waals surface area contributed by atoms with Crippen LogP contribution >= 0.6 is 0 Å². The van der Waals surface area contributed by atoms with Gasteiger partial charge >= 0.3 is 6.14 Å². The number of oxazole rings is 1. The number of aromatic nitrogens is 3. The highest BCUT2D eigenvalue weighted by Crippen LogP contribution is 2.42. The van der Waals surface area contributed by atoms with Crippen LogP contribution in [0.2, 0.25) is 0 Å². The van der Waals surface area contributed by atoms with Crippen molar-refractivity contribution < 1.29 is 17.8 Å². The molecule has 3 heterocycles.